The first-order valence-corrected chi connectivity index (χ1v) is 7.30. The van der Waals surface area contributed by atoms with Gasteiger partial charge in [0.1, 0.15) is 5.82 Å². The summed E-state index contributed by atoms with van der Waals surface area (Å²) < 4.78 is 13.3. The fraction of sp³-hybridized carbons (Fsp3) is 0.286. The number of rotatable bonds is 5. The predicted octanol–water partition coefficient (Wildman–Crippen LogP) is 2.71. The van der Waals surface area contributed by atoms with Gasteiger partial charge in [-0.25, -0.2) is 14.2 Å². The second-order valence-electron chi connectivity index (χ2n) is 4.71. The van der Waals surface area contributed by atoms with Gasteiger partial charge < -0.3 is 10.2 Å². The highest BCUT2D eigenvalue weighted by atomic mass is 32.1. The molecule has 0 saturated heterocycles. The Balaban J connectivity index is 1.96. The van der Waals surface area contributed by atoms with Crippen molar-refractivity contribution in [3.63, 3.8) is 0 Å². The van der Waals surface area contributed by atoms with E-state index >= 15 is 0 Å². The Bertz CT molecular complexity index is 588. The van der Waals surface area contributed by atoms with Crippen LogP contribution in [0.2, 0.25) is 0 Å². The van der Waals surface area contributed by atoms with Crippen molar-refractivity contribution in [2.75, 3.05) is 26.0 Å². The van der Waals surface area contributed by atoms with E-state index in [4.69, 9.17) is 0 Å². The highest BCUT2D eigenvalue weighted by Gasteiger charge is 2.16. The number of hydrogen-bond donors (Lipinski definition) is 2. The van der Waals surface area contributed by atoms with E-state index < -0.39 is 0 Å². The number of urea groups is 1. The van der Waals surface area contributed by atoms with E-state index in [1.165, 1.54) is 23.5 Å². The number of hydrogen-bond acceptors (Lipinski definition) is 4. The van der Waals surface area contributed by atoms with Crippen molar-refractivity contribution in [3.8, 4) is 0 Å². The summed E-state index contributed by atoms with van der Waals surface area (Å²) >= 11 is 1.35. The predicted molar refractivity (Wildman–Crippen MR) is 82.0 cm³/mol. The molecular weight excluding hydrogens is 291 g/mol. The summed E-state index contributed by atoms with van der Waals surface area (Å²) in [6.07, 6.45) is 1.62. The average Bonchev–Trinajstić information content (AvgIpc) is 2.91. The van der Waals surface area contributed by atoms with Crippen molar-refractivity contribution in [1.82, 2.24) is 15.2 Å². The first-order chi connectivity index (χ1) is 10.1. The first kappa shape index (κ1) is 15.4. The van der Waals surface area contributed by atoms with Crippen molar-refractivity contribution in [2.24, 2.45) is 0 Å². The van der Waals surface area contributed by atoms with Crippen LogP contribution >= 0.6 is 11.3 Å². The molecule has 0 spiro atoms. The fourth-order valence-electron chi connectivity index (χ4n) is 1.93. The zero-order chi connectivity index (χ0) is 15.2. The van der Waals surface area contributed by atoms with Gasteiger partial charge in [0.05, 0.1) is 6.04 Å². The van der Waals surface area contributed by atoms with Crippen LogP contribution in [0, 0.1) is 5.82 Å². The molecule has 112 valence electrons. The molecule has 0 aliphatic rings. The quantitative estimate of drug-likeness (QED) is 0.893. The van der Waals surface area contributed by atoms with Crippen molar-refractivity contribution in [2.45, 2.75) is 6.04 Å². The molecule has 0 saturated carbocycles. The largest absolute Gasteiger partial charge is 0.336 e. The summed E-state index contributed by atoms with van der Waals surface area (Å²) in [7, 11) is 3.77. The average molecular weight is 308 g/mol. The van der Waals surface area contributed by atoms with Crippen LogP contribution in [-0.2, 0) is 0 Å². The number of thiazole rings is 1. The maximum atomic E-state index is 13.3. The van der Waals surface area contributed by atoms with E-state index in [1.807, 2.05) is 25.1 Å². The van der Waals surface area contributed by atoms with Crippen LogP contribution in [-0.4, -0.2) is 36.6 Å². The zero-order valence-corrected chi connectivity index (χ0v) is 12.7. The molecule has 1 heterocycles. The van der Waals surface area contributed by atoms with Crippen LogP contribution in [0.5, 0.6) is 0 Å². The number of halogens is 1. The Hall–Kier alpha value is -1.99. The van der Waals surface area contributed by atoms with E-state index in [1.54, 1.807) is 17.6 Å². The number of benzene rings is 1. The lowest BCUT2D eigenvalue weighted by atomic mass is 10.1. The lowest BCUT2D eigenvalue weighted by molar-refractivity contribution is 0.243. The van der Waals surface area contributed by atoms with E-state index in [0.29, 0.717) is 11.7 Å². The van der Waals surface area contributed by atoms with Crippen LogP contribution in [0.15, 0.2) is 35.8 Å². The number of carbonyl (C=O) groups excluding carboxylic acids is 1. The molecule has 1 atom stereocenters. The molecule has 7 heteroatoms. The molecule has 0 aliphatic carbocycles. The van der Waals surface area contributed by atoms with Gasteiger partial charge in [-0.2, -0.15) is 0 Å². The van der Waals surface area contributed by atoms with Crippen LogP contribution in [0.25, 0.3) is 0 Å². The minimum absolute atomic E-state index is 0.109. The molecule has 0 aliphatic heterocycles. The minimum Gasteiger partial charge on any atom is -0.336 e. The van der Waals surface area contributed by atoms with Gasteiger partial charge in [-0.05, 0) is 31.8 Å². The smallest absolute Gasteiger partial charge is 0.321 e. The minimum atomic E-state index is -0.326. The molecule has 1 aromatic heterocycles. The lowest BCUT2D eigenvalue weighted by Crippen LogP contribution is -2.36. The van der Waals surface area contributed by atoms with Crippen molar-refractivity contribution in [1.29, 1.82) is 0 Å². The lowest BCUT2D eigenvalue weighted by Gasteiger charge is -2.25. The van der Waals surface area contributed by atoms with Gasteiger partial charge in [0, 0.05) is 18.1 Å². The maximum absolute atomic E-state index is 13.3. The van der Waals surface area contributed by atoms with Gasteiger partial charge in [-0.15, -0.1) is 11.3 Å². The number of anilines is 1. The normalized spacial score (nSPS) is 12.2. The van der Waals surface area contributed by atoms with E-state index in [2.05, 4.69) is 15.6 Å². The van der Waals surface area contributed by atoms with Gasteiger partial charge >= 0.3 is 6.03 Å². The summed E-state index contributed by atoms with van der Waals surface area (Å²) in [6.45, 7) is 0.369. The van der Waals surface area contributed by atoms with E-state index in [-0.39, 0.29) is 17.9 Å². The van der Waals surface area contributed by atoms with Crippen molar-refractivity contribution < 1.29 is 9.18 Å². The molecule has 0 radical (unpaired) electrons. The monoisotopic (exact) mass is 308 g/mol. The zero-order valence-electron chi connectivity index (χ0n) is 11.8. The molecule has 2 amide bonds. The van der Waals surface area contributed by atoms with Gasteiger partial charge in [0.2, 0.25) is 0 Å². The molecule has 2 aromatic rings. The molecule has 0 bridgehead atoms. The molecule has 0 unspecified atom stereocenters. The first-order valence-electron chi connectivity index (χ1n) is 6.42. The Kier molecular flexibility index (Phi) is 5.24. The van der Waals surface area contributed by atoms with Crippen LogP contribution in [0.1, 0.15) is 11.6 Å². The summed E-state index contributed by atoms with van der Waals surface area (Å²) in [5.41, 5.74) is 0.814. The van der Waals surface area contributed by atoms with Crippen LogP contribution in [0.3, 0.4) is 0 Å². The van der Waals surface area contributed by atoms with Crippen molar-refractivity contribution in [3.05, 3.63) is 47.2 Å². The second-order valence-corrected chi connectivity index (χ2v) is 5.60. The van der Waals surface area contributed by atoms with Gasteiger partial charge in [-0.3, -0.25) is 5.32 Å². The number of likely N-dealkylation sites (N-methyl/N-ethyl adjacent to an activating group) is 1. The van der Waals surface area contributed by atoms with Crippen LogP contribution < -0.4 is 10.6 Å². The molecule has 5 nitrogen and oxygen atoms in total. The highest BCUT2D eigenvalue weighted by Crippen LogP contribution is 2.18. The standard InChI is InChI=1S/C14H17FN4OS/c1-19(2)12(10-4-3-5-11(15)8-10)9-17-13(20)18-14-16-6-7-21-14/h3-8,12H,9H2,1-2H3,(H2,16,17,18,20)/t12-/m0/s1. The summed E-state index contributed by atoms with van der Waals surface area (Å²) in [6, 6.07) is 5.95. The second kappa shape index (κ2) is 7.14. The maximum Gasteiger partial charge on any atom is 0.321 e. The molecular formula is C14H17FN4OS. The van der Waals surface area contributed by atoms with E-state index in [9.17, 15) is 9.18 Å². The fourth-order valence-corrected chi connectivity index (χ4v) is 2.45. The molecule has 2 rings (SSSR count). The number of carbonyl (C=O) groups is 1. The molecule has 0 fully saturated rings. The number of aromatic nitrogens is 1. The third-order valence-electron chi connectivity index (χ3n) is 2.97. The number of amides is 2. The van der Waals surface area contributed by atoms with Gasteiger partial charge in [0.25, 0.3) is 0 Å². The SMILES string of the molecule is CN(C)[C@@H](CNC(=O)Nc1nccs1)c1cccc(F)c1. The van der Waals surface area contributed by atoms with E-state index in [0.717, 1.165) is 5.56 Å². The van der Waals surface area contributed by atoms with Crippen LogP contribution in [0.4, 0.5) is 14.3 Å². The Morgan fingerprint density at radius 3 is 2.90 bits per heavy atom. The van der Waals surface area contributed by atoms with Gasteiger partial charge in [0.15, 0.2) is 5.13 Å². The Labute approximate surface area is 126 Å². The summed E-state index contributed by atoms with van der Waals surface area (Å²) in [5, 5.41) is 7.74. The number of nitrogens with one attached hydrogen (secondary N) is 2. The molecule has 1 aromatic carbocycles. The Morgan fingerprint density at radius 2 is 2.29 bits per heavy atom. The highest BCUT2D eigenvalue weighted by molar-refractivity contribution is 7.13. The Morgan fingerprint density at radius 1 is 1.48 bits per heavy atom. The van der Waals surface area contributed by atoms with Gasteiger partial charge in [-0.1, -0.05) is 12.1 Å². The molecule has 21 heavy (non-hydrogen) atoms. The summed E-state index contributed by atoms with van der Waals surface area (Å²) in [5.74, 6) is -0.286. The number of nitrogens with zero attached hydrogens (tertiary/aromatic N) is 2. The third kappa shape index (κ3) is 4.51. The molecule has 2 N–H and O–H groups in total. The third-order valence-corrected chi connectivity index (χ3v) is 3.65. The van der Waals surface area contributed by atoms with Crippen molar-refractivity contribution >= 4 is 22.5 Å². The summed E-state index contributed by atoms with van der Waals surface area (Å²) in [4.78, 5) is 17.7. The topological polar surface area (TPSA) is 57.3 Å².